The summed E-state index contributed by atoms with van der Waals surface area (Å²) in [4.78, 5) is 34.9. The fourth-order valence-corrected chi connectivity index (χ4v) is 1.89. The molecule has 120 valence electrons. The van der Waals surface area contributed by atoms with Crippen LogP contribution in [0.3, 0.4) is 0 Å². The number of esters is 1. The molecule has 2 rings (SSSR count). The summed E-state index contributed by atoms with van der Waals surface area (Å²) in [6, 6.07) is 14.0. The highest BCUT2D eigenvalue weighted by Gasteiger charge is 2.13. The predicted molar refractivity (Wildman–Crippen MR) is 85.0 cm³/mol. The third-order valence-corrected chi connectivity index (χ3v) is 3.05. The van der Waals surface area contributed by atoms with E-state index in [0.29, 0.717) is 5.56 Å². The van der Waals surface area contributed by atoms with Crippen molar-refractivity contribution in [3.05, 3.63) is 65.2 Å². The number of nitrogens with zero attached hydrogens (tertiary/aromatic N) is 1. The number of ether oxygens (including phenoxy) is 1. The summed E-state index contributed by atoms with van der Waals surface area (Å²) in [6.45, 7) is -0.522. The van der Waals surface area contributed by atoms with Gasteiger partial charge in [0.15, 0.2) is 6.61 Å². The molecule has 0 fully saturated rings. The first kappa shape index (κ1) is 16.7. The molecule has 0 aliphatic carbocycles. The Hall–Kier alpha value is -3.66. The Balaban J connectivity index is 1.95. The summed E-state index contributed by atoms with van der Waals surface area (Å²) in [6.07, 6.45) is 0. The Morgan fingerprint density at radius 2 is 1.75 bits per heavy atom. The molecule has 0 bridgehead atoms. The maximum Gasteiger partial charge on any atom is 0.338 e. The Morgan fingerprint density at radius 1 is 1.08 bits per heavy atom. The number of nitrogens with two attached hydrogens (primary N) is 1. The molecule has 0 saturated heterocycles. The fraction of sp³-hybridized carbons (Fsp3) is 0.0588. The van der Waals surface area contributed by atoms with Crippen molar-refractivity contribution in [2.24, 2.45) is 5.73 Å². The van der Waals surface area contributed by atoms with Crippen LogP contribution in [0.25, 0.3) is 0 Å². The van der Waals surface area contributed by atoms with Crippen LogP contribution in [0.15, 0.2) is 48.5 Å². The summed E-state index contributed by atoms with van der Waals surface area (Å²) in [7, 11) is 0. The number of nitrogens with one attached hydrogen (secondary N) is 1. The van der Waals surface area contributed by atoms with Gasteiger partial charge in [-0.2, -0.15) is 5.26 Å². The van der Waals surface area contributed by atoms with Gasteiger partial charge >= 0.3 is 5.97 Å². The number of amides is 2. The van der Waals surface area contributed by atoms with Gasteiger partial charge < -0.3 is 15.8 Å². The summed E-state index contributed by atoms with van der Waals surface area (Å²) < 4.78 is 4.89. The van der Waals surface area contributed by atoms with Crippen LogP contribution >= 0.6 is 0 Å². The molecule has 2 amide bonds. The van der Waals surface area contributed by atoms with Crippen LogP contribution in [0.1, 0.15) is 26.3 Å². The third kappa shape index (κ3) is 4.18. The smallest absolute Gasteiger partial charge is 0.338 e. The number of hydrogen-bond acceptors (Lipinski definition) is 5. The quantitative estimate of drug-likeness (QED) is 0.806. The average Bonchev–Trinajstić information content (AvgIpc) is 2.60. The molecular weight excluding hydrogens is 310 g/mol. The van der Waals surface area contributed by atoms with Gasteiger partial charge in [-0.1, -0.05) is 12.1 Å². The summed E-state index contributed by atoms with van der Waals surface area (Å²) in [5, 5.41) is 11.1. The largest absolute Gasteiger partial charge is 0.452 e. The minimum Gasteiger partial charge on any atom is -0.452 e. The number of carbonyl (C=O) groups is 3. The molecule has 0 atom stereocenters. The van der Waals surface area contributed by atoms with Crippen LogP contribution in [0.2, 0.25) is 0 Å². The maximum absolute atomic E-state index is 11.8. The lowest BCUT2D eigenvalue weighted by atomic mass is 10.1. The van der Waals surface area contributed by atoms with Crippen molar-refractivity contribution in [2.75, 3.05) is 11.9 Å². The molecule has 24 heavy (non-hydrogen) atoms. The molecule has 2 aromatic carbocycles. The van der Waals surface area contributed by atoms with Crippen LogP contribution in [-0.2, 0) is 9.53 Å². The maximum atomic E-state index is 11.8. The van der Waals surface area contributed by atoms with E-state index in [0.717, 1.165) is 0 Å². The number of para-hydroxylation sites is 1. The van der Waals surface area contributed by atoms with Gasteiger partial charge in [0.05, 0.1) is 28.4 Å². The second-order valence-electron chi connectivity index (χ2n) is 4.72. The molecule has 7 heteroatoms. The van der Waals surface area contributed by atoms with Gasteiger partial charge in [0, 0.05) is 0 Å². The van der Waals surface area contributed by atoms with E-state index in [9.17, 15) is 14.4 Å². The topological polar surface area (TPSA) is 122 Å². The standard InChI is InChI=1S/C17H13N3O4/c18-9-11-5-7-12(8-6-11)17(23)24-10-15(21)20-14-4-2-1-3-13(14)16(19)22/h1-8H,10H2,(H2,19,22)(H,20,21). The molecule has 0 saturated carbocycles. The highest BCUT2D eigenvalue weighted by Crippen LogP contribution is 2.14. The lowest BCUT2D eigenvalue weighted by molar-refractivity contribution is -0.119. The van der Waals surface area contributed by atoms with E-state index in [1.807, 2.05) is 6.07 Å². The third-order valence-electron chi connectivity index (χ3n) is 3.05. The molecule has 3 N–H and O–H groups in total. The first-order chi connectivity index (χ1) is 11.5. The van der Waals surface area contributed by atoms with Crippen molar-refractivity contribution in [1.29, 1.82) is 5.26 Å². The lowest BCUT2D eigenvalue weighted by Gasteiger charge is -2.09. The van der Waals surface area contributed by atoms with E-state index in [4.69, 9.17) is 15.7 Å². The van der Waals surface area contributed by atoms with E-state index < -0.39 is 24.4 Å². The number of primary amides is 1. The minimum atomic E-state index is -0.696. The SMILES string of the molecule is N#Cc1ccc(C(=O)OCC(=O)Nc2ccccc2C(N)=O)cc1. The van der Waals surface area contributed by atoms with Crippen LogP contribution in [0, 0.1) is 11.3 Å². The van der Waals surface area contributed by atoms with Crippen molar-refractivity contribution in [1.82, 2.24) is 0 Å². The normalized spacial score (nSPS) is 9.62. The number of nitriles is 1. The molecule has 0 aliphatic heterocycles. The van der Waals surface area contributed by atoms with Gasteiger partial charge in [-0.3, -0.25) is 9.59 Å². The molecule has 7 nitrogen and oxygen atoms in total. The molecule has 0 aromatic heterocycles. The van der Waals surface area contributed by atoms with Crippen LogP contribution in [0.4, 0.5) is 5.69 Å². The first-order valence-corrected chi connectivity index (χ1v) is 6.87. The highest BCUT2D eigenvalue weighted by molar-refractivity contribution is 6.03. The fourth-order valence-electron chi connectivity index (χ4n) is 1.89. The van der Waals surface area contributed by atoms with E-state index in [1.165, 1.54) is 36.4 Å². The zero-order chi connectivity index (χ0) is 17.5. The molecule has 0 unspecified atom stereocenters. The summed E-state index contributed by atoms with van der Waals surface area (Å²) in [5.74, 6) is -1.98. The number of rotatable bonds is 5. The highest BCUT2D eigenvalue weighted by atomic mass is 16.5. The lowest BCUT2D eigenvalue weighted by Crippen LogP contribution is -2.23. The monoisotopic (exact) mass is 323 g/mol. The van der Waals surface area contributed by atoms with Crippen molar-refractivity contribution in [3.8, 4) is 6.07 Å². The summed E-state index contributed by atoms with van der Waals surface area (Å²) >= 11 is 0. The number of carbonyl (C=O) groups excluding carboxylic acids is 3. The Kier molecular flexibility index (Phi) is 5.26. The average molecular weight is 323 g/mol. The molecule has 0 aliphatic rings. The Bertz CT molecular complexity index is 822. The Labute approximate surface area is 137 Å². The zero-order valence-corrected chi connectivity index (χ0v) is 12.5. The van der Waals surface area contributed by atoms with Crippen LogP contribution in [0.5, 0.6) is 0 Å². The van der Waals surface area contributed by atoms with Crippen LogP contribution in [-0.4, -0.2) is 24.4 Å². The molecule has 2 aromatic rings. The first-order valence-electron chi connectivity index (χ1n) is 6.87. The van der Waals surface area contributed by atoms with Gasteiger partial charge in [-0.05, 0) is 36.4 Å². The van der Waals surface area contributed by atoms with Gasteiger partial charge in [-0.15, -0.1) is 0 Å². The van der Waals surface area contributed by atoms with Gasteiger partial charge in [-0.25, -0.2) is 4.79 Å². The molecule has 0 radical (unpaired) electrons. The van der Waals surface area contributed by atoms with Crippen molar-refractivity contribution in [3.63, 3.8) is 0 Å². The van der Waals surface area contributed by atoms with Crippen molar-refractivity contribution in [2.45, 2.75) is 0 Å². The van der Waals surface area contributed by atoms with E-state index in [1.54, 1.807) is 12.1 Å². The minimum absolute atomic E-state index is 0.157. The van der Waals surface area contributed by atoms with Gasteiger partial charge in [0.25, 0.3) is 11.8 Å². The molecule has 0 spiro atoms. The van der Waals surface area contributed by atoms with E-state index in [2.05, 4.69) is 5.32 Å². The van der Waals surface area contributed by atoms with Crippen molar-refractivity contribution < 1.29 is 19.1 Å². The van der Waals surface area contributed by atoms with Gasteiger partial charge in [0.1, 0.15) is 0 Å². The zero-order valence-electron chi connectivity index (χ0n) is 12.5. The Morgan fingerprint density at radius 3 is 2.38 bits per heavy atom. The number of hydrogen-bond donors (Lipinski definition) is 2. The molecule has 0 heterocycles. The summed E-state index contributed by atoms with van der Waals surface area (Å²) in [5.41, 5.74) is 6.24. The predicted octanol–water partition coefficient (Wildman–Crippen LogP) is 1.45. The van der Waals surface area contributed by atoms with Crippen LogP contribution < -0.4 is 11.1 Å². The van der Waals surface area contributed by atoms with E-state index in [-0.39, 0.29) is 16.8 Å². The second-order valence-corrected chi connectivity index (χ2v) is 4.72. The second kappa shape index (κ2) is 7.56. The van der Waals surface area contributed by atoms with Crippen molar-refractivity contribution >= 4 is 23.5 Å². The van der Waals surface area contributed by atoms with Gasteiger partial charge in [0.2, 0.25) is 0 Å². The molecular formula is C17H13N3O4. The van der Waals surface area contributed by atoms with E-state index >= 15 is 0 Å². The number of benzene rings is 2. The number of anilines is 1.